The molecule has 1 aromatic rings. The molecule has 70 valence electrons. The van der Waals surface area contributed by atoms with Crippen molar-refractivity contribution >= 4 is 0 Å². The molecule has 1 saturated carbocycles. The Morgan fingerprint density at radius 2 is 2.15 bits per heavy atom. The number of rotatable bonds is 2. The minimum Gasteiger partial charge on any atom is -0.324 e. The number of hydrogen-bond donors (Lipinski definition) is 1. The minimum atomic E-state index is -0.210. The topological polar surface area (TPSA) is 26.0 Å². The summed E-state index contributed by atoms with van der Waals surface area (Å²) in [6, 6.07) is 5.11. The van der Waals surface area contributed by atoms with Crippen LogP contribution in [0.5, 0.6) is 0 Å². The molecule has 0 amide bonds. The van der Waals surface area contributed by atoms with Gasteiger partial charge in [0.15, 0.2) is 0 Å². The van der Waals surface area contributed by atoms with Crippen LogP contribution < -0.4 is 5.73 Å². The predicted octanol–water partition coefficient (Wildman–Crippen LogP) is 2.72. The molecule has 0 spiro atoms. The first-order valence-electron chi connectivity index (χ1n) is 4.73. The summed E-state index contributed by atoms with van der Waals surface area (Å²) in [6.45, 7) is 1.81. The molecule has 1 aliphatic carbocycles. The Morgan fingerprint density at radius 3 is 2.69 bits per heavy atom. The summed E-state index contributed by atoms with van der Waals surface area (Å²) in [5.74, 6) is 0.484. The van der Waals surface area contributed by atoms with E-state index in [1.165, 1.54) is 24.5 Å². The van der Waals surface area contributed by atoms with Gasteiger partial charge in [0, 0.05) is 11.6 Å². The molecule has 1 nitrogen and oxygen atoms in total. The summed E-state index contributed by atoms with van der Waals surface area (Å²) >= 11 is 0. The molecule has 0 heterocycles. The maximum Gasteiger partial charge on any atom is 0.127 e. The van der Waals surface area contributed by atoms with Crippen LogP contribution >= 0.6 is 0 Å². The van der Waals surface area contributed by atoms with Gasteiger partial charge in [0.25, 0.3) is 0 Å². The van der Waals surface area contributed by atoms with Gasteiger partial charge in [-0.25, -0.2) is 4.39 Å². The zero-order valence-electron chi connectivity index (χ0n) is 7.76. The fourth-order valence-corrected chi connectivity index (χ4v) is 1.58. The van der Waals surface area contributed by atoms with Crippen molar-refractivity contribution < 1.29 is 4.39 Å². The number of nitrogens with two attached hydrogens (primary N) is 1. The van der Waals surface area contributed by atoms with Crippen LogP contribution in [-0.4, -0.2) is 0 Å². The maximum atomic E-state index is 13.2. The molecule has 0 aliphatic heterocycles. The molecule has 0 saturated heterocycles. The van der Waals surface area contributed by atoms with Gasteiger partial charge < -0.3 is 5.73 Å². The number of benzene rings is 1. The van der Waals surface area contributed by atoms with E-state index in [-0.39, 0.29) is 11.9 Å². The van der Waals surface area contributed by atoms with E-state index in [0.29, 0.717) is 11.5 Å². The van der Waals surface area contributed by atoms with Gasteiger partial charge in [-0.1, -0.05) is 12.1 Å². The van der Waals surface area contributed by atoms with E-state index < -0.39 is 0 Å². The Kier molecular flexibility index (Phi) is 2.08. The first-order valence-corrected chi connectivity index (χ1v) is 4.73. The summed E-state index contributed by atoms with van der Waals surface area (Å²) in [7, 11) is 0. The van der Waals surface area contributed by atoms with Crippen molar-refractivity contribution in [2.24, 2.45) is 5.73 Å². The molecule has 0 radical (unpaired) electrons. The Hall–Kier alpha value is -0.890. The zero-order valence-corrected chi connectivity index (χ0v) is 7.76. The van der Waals surface area contributed by atoms with E-state index in [1.54, 1.807) is 0 Å². The molecule has 1 aliphatic rings. The predicted molar refractivity (Wildman–Crippen MR) is 51.0 cm³/mol. The average Bonchev–Trinajstić information content (AvgIpc) is 2.87. The molecular weight excluding hydrogens is 165 g/mol. The zero-order chi connectivity index (χ0) is 9.42. The van der Waals surface area contributed by atoms with Gasteiger partial charge in [-0.3, -0.25) is 0 Å². The summed E-state index contributed by atoms with van der Waals surface area (Å²) in [5.41, 5.74) is 7.55. The lowest BCUT2D eigenvalue weighted by Crippen LogP contribution is -2.07. The lowest BCUT2D eigenvalue weighted by molar-refractivity contribution is 0.592. The van der Waals surface area contributed by atoms with E-state index in [1.807, 2.05) is 19.1 Å². The van der Waals surface area contributed by atoms with Gasteiger partial charge in [0.2, 0.25) is 0 Å². The van der Waals surface area contributed by atoms with E-state index >= 15 is 0 Å². The monoisotopic (exact) mass is 179 g/mol. The third-order valence-corrected chi connectivity index (χ3v) is 2.56. The molecule has 13 heavy (non-hydrogen) atoms. The molecule has 0 aromatic heterocycles. The smallest absolute Gasteiger partial charge is 0.127 e. The Morgan fingerprint density at radius 1 is 1.46 bits per heavy atom. The van der Waals surface area contributed by atoms with E-state index in [9.17, 15) is 4.39 Å². The molecule has 2 heteroatoms. The highest BCUT2D eigenvalue weighted by Gasteiger charge is 2.24. The molecular formula is C11H14FN. The van der Waals surface area contributed by atoms with Gasteiger partial charge in [0.05, 0.1) is 0 Å². The number of halogens is 1. The minimum absolute atomic E-state index is 0.181. The van der Waals surface area contributed by atoms with Crippen LogP contribution in [0.25, 0.3) is 0 Å². The standard InChI is InChI=1S/C11H14FN/c1-7(13)10-6-9(8-2-3-8)4-5-11(10)12/h4-8H,2-3,13H2,1H3. The first kappa shape index (κ1) is 8.70. The third kappa shape index (κ3) is 1.73. The number of hydrogen-bond acceptors (Lipinski definition) is 1. The van der Waals surface area contributed by atoms with Crippen LogP contribution in [0.1, 0.15) is 42.9 Å². The van der Waals surface area contributed by atoms with Crippen LogP contribution in [0.15, 0.2) is 18.2 Å². The lowest BCUT2D eigenvalue weighted by atomic mass is 10.0. The molecule has 1 aromatic carbocycles. The van der Waals surface area contributed by atoms with Crippen LogP contribution in [0, 0.1) is 5.82 Å². The quantitative estimate of drug-likeness (QED) is 0.742. The van der Waals surface area contributed by atoms with Crippen molar-refractivity contribution in [3.63, 3.8) is 0 Å². The highest BCUT2D eigenvalue weighted by Crippen LogP contribution is 2.40. The van der Waals surface area contributed by atoms with Crippen molar-refractivity contribution in [1.82, 2.24) is 0 Å². The fraction of sp³-hybridized carbons (Fsp3) is 0.455. The molecule has 2 N–H and O–H groups in total. The Bertz CT molecular complexity index is 316. The Balaban J connectivity index is 2.36. The highest BCUT2D eigenvalue weighted by molar-refractivity contribution is 5.31. The van der Waals surface area contributed by atoms with Crippen molar-refractivity contribution in [3.8, 4) is 0 Å². The molecule has 1 fully saturated rings. The van der Waals surface area contributed by atoms with E-state index in [4.69, 9.17) is 5.73 Å². The summed E-state index contributed by atoms with van der Waals surface area (Å²) in [5, 5.41) is 0. The van der Waals surface area contributed by atoms with Crippen LogP contribution in [0.3, 0.4) is 0 Å². The normalized spacial score (nSPS) is 18.7. The molecule has 1 unspecified atom stereocenters. The second kappa shape index (κ2) is 3.11. The summed E-state index contributed by atoms with van der Waals surface area (Å²) in [6.07, 6.45) is 2.48. The molecule has 1 atom stereocenters. The first-order chi connectivity index (χ1) is 6.18. The van der Waals surface area contributed by atoms with Gasteiger partial charge in [0.1, 0.15) is 5.82 Å². The highest BCUT2D eigenvalue weighted by atomic mass is 19.1. The molecule has 2 rings (SSSR count). The second-order valence-electron chi connectivity index (χ2n) is 3.84. The average molecular weight is 179 g/mol. The van der Waals surface area contributed by atoms with Gasteiger partial charge in [-0.2, -0.15) is 0 Å². The third-order valence-electron chi connectivity index (χ3n) is 2.56. The van der Waals surface area contributed by atoms with E-state index in [0.717, 1.165) is 0 Å². The second-order valence-corrected chi connectivity index (χ2v) is 3.84. The van der Waals surface area contributed by atoms with Gasteiger partial charge in [-0.05, 0) is 37.3 Å². The van der Waals surface area contributed by atoms with Crippen LogP contribution in [0.2, 0.25) is 0 Å². The van der Waals surface area contributed by atoms with Gasteiger partial charge >= 0.3 is 0 Å². The SMILES string of the molecule is CC(N)c1cc(C2CC2)ccc1F. The van der Waals surface area contributed by atoms with Crippen molar-refractivity contribution in [3.05, 3.63) is 35.1 Å². The summed E-state index contributed by atoms with van der Waals surface area (Å²) in [4.78, 5) is 0. The maximum absolute atomic E-state index is 13.2. The fourth-order valence-electron chi connectivity index (χ4n) is 1.58. The summed E-state index contributed by atoms with van der Waals surface area (Å²) < 4.78 is 13.2. The van der Waals surface area contributed by atoms with Crippen molar-refractivity contribution in [2.75, 3.05) is 0 Å². The van der Waals surface area contributed by atoms with E-state index in [2.05, 4.69) is 0 Å². The largest absolute Gasteiger partial charge is 0.324 e. The Labute approximate surface area is 77.8 Å². The lowest BCUT2D eigenvalue weighted by Gasteiger charge is -2.08. The van der Waals surface area contributed by atoms with Gasteiger partial charge in [-0.15, -0.1) is 0 Å². The molecule has 0 bridgehead atoms. The van der Waals surface area contributed by atoms with Crippen LogP contribution in [-0.2, 0) is 0 Å². The van der Waals surface area contributed by atoms with Crippen molar-refractivity contribution in [1.29, 1.82) is 0 Å². The van der Waals surface area contributed by atoms with Crippen LogP contribution in [0.4, 0.5) is 4.39 Å². The van der Waals surface area contributed by atoms with Crippen molar-refractivity contribution in [2.45, 2.75) is 31.7 Å².